The largest absolute Gasteiger partial charge is 0.495 e. The summed E-state index contributed by atoms with van der Waals surface area (Å²) in [4.78, 5) is 12.9. The van der Waals surface area contributed by atoms with Gasteiger partial charge in [-0.1, -0.05) is 42.5 Å². The Labute approximate surface area is 204 Å². The zero-order valence-electron chi connectivity index (χ0n) is 18.8. The number of anilines is 2. The van der Waals surface area contributed by atoms with E-state index in [9.17, 15) is 13.6 Å². The summed E-state index contributed by atoms with van der Waals surface area (Å²) in [5.74, 6) is -0.240. The van der Waals surface area contributed by atoms with E-state index >= 15 is 0 Å². The molecule has 1 heterocycles. The highest BCUT2D eigenvalue weighted by atomic mass is 32.2. The number of ether oxygens (including phenoxy) is 2. The van der Waals surface area contributed by atoms with Crippen LogP contribution in [0.15, 0.2) is 78.9 Å². The highest BCUT2D eigenvalue weighted by Crippen LogP contribution is 2.42. The summed E-state index contributed by atoms with van der Waals surface area (Å²) >= 11 is -0.976. The molecule has 0 fully saturated rings. The molecule has 34 heavy (non-hydrogen) atoms. The van der Waals surface area contributed by atoms with Crippen LogP contribution >= 0.6 is 11.3 Å². The minimum atomic E-state index is -2.37. The summed E-state index contributed by atoms with van der Waals surface area (Å²) in [6, 6.07) is 24.8. The molecule has 4 aromatic rings. The van der Waals surface area contributed by atoms with Crippen LogP contribution in [0.1, 0.15) is 15.9 Å². The van der Waals surface area contributed by atoms with Crippen molar-refractivity contribution >= 4 is 39.3 Å². The minimum Gasteiger partial charge on any atom is -0.495 e. The molecule has 0 radical (unpaired) electrons. The lowest BCUT2D eigenvalue weighted by Gasteiger charge is -2.21. The number of methoxy groups -OCH3 is 2. The third-order valence-corrected chi connectivity index (χ3v) is 7.30. The molecule has 0 saturated heterocycles. The summed E-state index contributed by atoms with van der Waals surface area (Å²) in [5.41, 5.74) is 5.01. The van der Waals surface area contributed by atoms with Gasteiger partial charge in [-0.05, 0) is 65.6 Å². The SMILES string of the molecule is COC(=O)c1ccc(N(c2ccc(-c3cc(-c4ccccc4)ccc3C)s2)S(=O)O)c(OC)c1. The lowest BCUT2D eigenvalue weighted by Crippen LogP contribution is -2.19. The summed E-state index contributed by atoms with van der Waals surface area (Å²) in [6.45, 7) is 2.04. The third kappa shape index (κ3) is 4.75. The number of esters is 1. The van der Waals surface area contributed by atoms with Gasteiger partial charge in [0.15, 0.2) is 0 Å². The number of carbonyl (C=O) groups is 1. The van der Waals surface area contributed by atoms with Gasteiger partial charge in [0.2, 0.25) is 0 Å². The molecule has 0 saturated carbocycles. The van der Waals surface area contributed by atoms with Crippen molar-refractivity contribution in [3.63, 3.8) is 0 Å². The molecule has 4 rings (SSSR count). The van der Waals surface area contributed by atoms with Crippen LogP contribution in [0, 0.1) is 6.92 Å². The first-order chi connectivity index (χ1) is 16.4. The van der Waals surface area contributed by atoms with E-state index in [0.29, 0.717) is 10.7 Å². The van der Waals surface area contributed by atoms with E-state index in [2.05, 4.69) is 30.3 Å². The summed E-state index contributed by atoms with van der Waals surface area (Å²) in [5, 5.41) is 0.560. The molecular weight excluding hydrogens is 470 g/mol. The van der Waals surface area contributed by atoms with Crippen molar-refractivity contribution < 1.29 is 23.0 Å². The fraction of sp³-hybridized carbons (Fsp3) is 0.115. The average Bonchev–Trinajstić information content (AvgIpc) is 3.33. The van der Waals surface area contributed by atoms with Crippen molar-refractivity contribution in [1.82, 2.24) is 0 Å². The van der Waals surface area contributed by atoms with Crippen LogP contribution in [-0.4, -0.2) is 29.0 Å². The van der Waals surface area contributed by atoms with Gasteiger partial charge >= 0.3 is 5.97 Å². The summed E-state index contributed by atoms with van der Waals surface area (Å²) in [6.07, 6.45) is 0. The molecule has 174 valence electrons. The predicted molar refractivity (Wildman–Crippen MR) is 137 cm³/mol. The molecule has 1 atom stereocenters. The van der Waals surface area contributed by atoms with Gasteiger partial charge in [0.25, 0.3) is 11.3 Å². The molecule has 1 N–H and O–H groups in total. The fourth-order valence-corrected chi connectivity index (χ4v) is 5.49. The van der Waals surface area contributed by atoms with Gasteiger partial charge < -0.3 is 9.47 Å². The van der Waals surface area contributed by atoms with Gasteiger partial charge in [0.05, 0.1) is 25.5 Å². The third-order valence-electron chi connectivity index (χ3n) is 5.38. The number of hydrogen-bond donors (Lipinski definition) is 1. The quantitative estimate of drug-likeness (QED) is 0.236. The Hall–Kier alpha value is -3.46. The van der Waals surface area contributed by atoms with Gasteiger partial charge in [-0.25, -0.2) is 13.3 Å². The van der Waals surface area contributed by atoms with Crippen LogP contribution in [0.4, 0.5) is 10.7 Å². The Morgan fingerprint density at radius 1 is 0.941 bits per heavy atom. The van der Waals surface area contributed by atoms with Crippen LogP contribution in [0.25, 0.3) is 21.6 Å². The smallest absolute Gasteiger partial charge is 0.337 e. The Bertz CT molecular complexity index is 1350. The second-order valence-electron chi connectivity index (χ2n) is 7.44. The molecular formula is C26H23NO5S2. The second kappa shape index (κ2) is 10.2. The number of carbonyl (C=O) groups excluding carboxylic acids is 1. The van der Waals surface area contributed by atoms with Crippen LogP contribution in [0.2, 0.25) is 0 Å². The van der Waals surface area contributed by atoms with Gasteiger partial charge in [-0.15, -0.1) is 11.3 Å². The van der Waals surface area contributed by atoms with Crippen molar-refractivity contribution in [3.8, 4) is 27.3 Å². The monoisotopic (exact) mass is 493 g/mol. The molecule has 1 aromatic heterocycles. The minimum absolute atomic E-state index is 0.280. The van der Waals surface area contributed by atoms with Gasteiger partial charge in [0, 0.05) is 4.88 Å². The first-order valence-corrected chi connectivity index (χ1v) is 12.2. The van der Waals surface area contributed by atoms with Gasteiger partial charge in [-0.2, -0.15) is 0 Å². The predicted octanol–water partition coefficient (Wildman–Crippen LogP) is 6.46. The highest BCUT2D eigenvalue weighted by Gasteiger charge is 2.23. The molecule has 6 nitrogen and oxygen atoms in total. The van der Waals surface area contributed by atoms with E-state index < -0.39 is 17.2 Å². The van der Waals surface area contributed by atoms with Crippen molar-refractivity contribution in [3.05, 3.63) is 90.0 Å². The van der Waals surface area contributed by atoms with Crippen LogP contribution in [0.5, 0.6) is 5.75 Å². The van der Waals surface area contributed by atoms with Crippen LogP contribution in [-0.2, 0) is 16.0 Å². The molecule has 8 heteroatoms. The lowest BCUT2D eigenvalue weighted by molar-refractivity contribution is 0.0600. The molecule has 0 spiro atoms. The van der Waals surface area contributed by atoms with E-state index in [1.165, 1.54) is 42.0 Å². The summed E-state index contributed by atoms with van der Waals surface area (Å²) < 4.78 is 34.0. The number of nitrogens with zero attached hydrogens (tertiary/aromatic N) is 1. The van der Waals surface area contributed by atoms with Crippen LogP contribution < -0.4 is 9.04 Å². The molecule has 0 amide bonds. The number of benzene rings is 3. The van der Waals surface area contributed by atoms with E-state index in [1.54, 1.807) is 12.1 Å². The molecule has 3 aromatic carbocycles. The molecule has 0 aliphatic heterocycles. The Morgan fingerprint density at radius 3 is 2.38 bits per heavy atom. The number of rotatable bonds is 7. The van der Waals surface area contributed by atoms with Gasteiger partial charge in [-0.3, -0.25) is 4.55 Å². The van der Waals surface area contributed by atoms with Crippen molar-refractivity contribution in [2.24, 2.45) is 0 Å². The summed E-state index contributed by atoms with van der Waals surface area (Å²) in [7, 11) is 2.73. The molecule has 0 bridgehead atoms. The first-order valence-electron chi connectivity index (χ1n) is 10.4. The Balaban J connectivity index is 1.75. The van der Waals surface area contributed by atoms with E-state index in [0.717, 1.165) is 27.1 Å². The van der Waals surface area contributed by atoms with Crippen molar-refractivity contribution in [2.75, 3.05) is 18.5 Å². The topological polar surface area (TPSA) is 76.1 Å². The van der Waals surface area contributed by atoms with Crippen molar-refractivity contribution in [1.29, 1.82) is 0 Å². The molecule has 0 aliphatic carbocycles. The molecule has 0 aliphatic rings. The fourth-order valence-electron chi connectivity index (χ4n) is 3.65. The number of hydrogen-bond acceptors (Lipinski definition) is 5. The van der Waals surface area contributed by atoms with Crippen LogP contribution in [0.3, 0.4) is 0 Å². The maximum Gasteiger partial charge on any atom is 0.337 e. The maximum absolute atomic E-state index is 12.4. The Kier molecular flexibility index (Phi) is 7.12. The average molecular weight is 494 g/mol. The second-order valence-corrected chi connectivity index (χ2v) is 9.33. The number of aryl methyl sites for hydroxylation is 1. The van der Waals surface area contributed by atoms with E-state index in [1.807, 2.05) is 31.2 Å². The lowest BCUT2D eigenvalue weighted by atomic mass is 9.99. The van der Waals surface area contributed by atoms with Gasteiger partial charge in [0.1, 0.15) is 10.8 Å². The normalized spacial score (nSPS) is 11.6. The standard InChI is InChI=1S/C26H23NO5S2/c1-17-9-10-19(18-7-5-4-6-8-18)15-21(17)24-13-14-25(33-24)27(34(29)30)22-12-11-20(26(28)32-3)16-23(22)31-2/h4-16H,1-3H3,(H,29,30). The zero-order chi connectivity index (χ0) is 24.2. The van der Waals surface area contributed by atoms with Crippen molar-refractivity contribution in [2.45, 2.75) is 6.92 Å². The zero-order valence-corrected chi connectivity index (χ0v) is 20.5. The first kappa shape index (κ1) is 23.7. The van der Waals surface area contributed by atoms with E-state index in [-0.39, 0.29) is 11.3 Å². The molecule has 1 unspecified atom stereocenters. The highest BCUT2D eigenvalue weighted by molar-refractivity contribution is 7.81. The Morgan fingerprint density at radius 2 is 1.71 bits per heavy atom. The van der Waals surface area contributed by atoms with E-state index in [4.69, 9.17) is 9.47 Å². The number of thiophene rings is 1. The maximum atomic E-state index is 12.4.